The highest BCUT2D eigenvalue weighted by Crippen LogP contribution is 2.42. The molecular formula is C15H32IN3O2. The highest BCUT2D eigenvalue weighted by molar-refractivity contribution is 14.0. The molecule has 0 bridgehead atoms. The largest absolute Gasteiger partial charge is 0.382 e. The predicted octanol–water partition coefficient (Wildman–Crippen LogP) is 2.40. The van der Waals surface area contributed by atoms with Gasteiger partial charge in [0.1, 0.15) is 0 Å². The van der Waals surface area contributed by atoms with Crippen LogP contribution in [0.2, 0.25) is 0 Å². The van der Waals surface area contributed by atoms with Crippen molar-refractivity contribution in [3.05, 3.63) is 0 Å². The molecule has 0 radical (unpaired) electrons. The second-order valence-electron chi connectivity index (χ2n) is 5.52. The second-order valence-corrected chi connectivity index (χ2v) is 5.52. The maximum absolute atomic E-state index is 5.42. The molecule has 0 spiro atoms. The Morgan fingerprint density at radius 3 is 2.48 bits per heavy atom. The van der Waals surface area contributed by atoms with Gasteiger partial charge in [-0.15, -0.1) is 24.0 Å². The first-order valence-electron chi connectivity index (χ1n) is 7.77. The summed E-state index contributed by atoms with van der Waals surface area (Å²) in [6, 6.07) is 0. The average Bonchev–Trinajstić information content (AvgIpc) is 2.43. The summed E-state index contributed by atoms with van der Waals surface area (Å²) in [7, 11) is 3.51. The fraction of sp³-hybridized carbons (Fsp3) is 0.933. The van der Waals surface area contributed by atoms with Gasteiger partial charge in [-0.3, -0.25) is 4.99 Å². The van der Waals surface area contributed by atoms with Crippen molar-refractivity contribution in [1.82, 2.24) is 10.6 Å². The van der Waals surface area contributed by atoms with Crippen molar-refractivity contribution in [3.8, 4) is 0 Å². The Morgan fingerprint density at radius 2 is 1.95 bits per heavy atom. The summed E-state index contributed by atoms with van der Waals surface area (Å²) in [6.07, 6.45) is 6.30. The normalized spacial score (nSPS) is 16.8. The quantitative estimate of drug-likeness (QED) is 0.250. The lowest BCUT2D eigenvalue weighted by molar-refractivity contribution is 0.0698. The van der Waals surface area contributed by atoms with Gasteiger partial charge in [-0.25, -0.2) is 0 Å². The van der Waals surface area contributed by atoms with Crippen LogP contribution < -0.4 is 10.6 Å². The minimum absolute atomic E-state index is 0. The van der Waals surface area contributed by atoms with Crippen LogP contribution in [0.25, 0.3) is 0 Å². The number of methoxy groups -OCH3 is 1. The zero-order chi connectivity index (χ0) is 14.7. The molecule has 0 atom stereocenters. The molecule has 126 valence electrons. The van der Waals surface area contributed by atoms with Crippen molar-refractivity contribution >= 4 is 29.9 Å². The third-order valence-electron chi connectivity index (χ3n) is 4.21. The van der Waals surface area contributed by atoms with E-state index in [0.29, 0.717) is 18.6 Å². The van der Waals surface area contributed by atoms with Crippen molar-refractivity contribution in [2.75, 3.05) is 47.1 Å². The molecule has 0 aliphatic heterocycles. The highest BCUT2D eigenvalue weighted by atomic mass is 127. The molecule has 2 N–H and O–H groups in total. The van der Waals surface area contributed by atoms with E-state index < -0.39 is 0 Å². The fourth-order valence-electron chi connectivity index (χ4n) is 2.45. The lowest BCUT2D eigenvalue weighted by atomic mass is 9.67. The van der Waals surface area contributed by atoms with Crippen LogP contribution in [0.3, 0.4) is 0 Å². The minimum Gasteiger partial charge on any atom is -0.382 e. The van der Waals surface area contributed by atoms with Gasteiger partial charge in [0.05, 0.1) is 13.2 Å². The molecule has 0 unspecified atom stereocenters. The summed E-state index contributed by atoms with van der Waals surface area (Å²) in [5.41, 5.74) is 0.515. The number of guanidine groups is 1. The van der Waals surface area contributed by atoms with E-state index in [0.717, 1.165) is 32.1 Å². The predicted molar refractivity (Wildman–Crippen MR) is 98.7 cm³/mol. The second kappa shape index (κ2) is 12.5. The van der Waals surface area contributed by atoms with Crippen molar-refractivity contribution < 1.29 is 9.47 Å². The summed E-state index contributed by atoms with van der Waals surface area (Å²) < 4.78 is 10.3. The van der Waals surface area contributed by atoms with Crippen LogP contribution in [0, 0.1) is 5.41 Å². The summed E-state index contributed by atoms with van der Waals surface area (Å²) in [4.78, 5) is 4.26. The van der Waals surface area contributed by atoms with Crippen LogP contribution in [0.1, 0.15) is 39.0 Å². The summed E-state index contributed by atoms with van der Waals surface area (Å²) in [5, 5.41) is 6.79. The van der Waals surface area contributed by atoms with Crippen molar-refractivity contribution in [3.63, 3.8) is 0 Å². The van der Waals surface area contributed by atoms with E-state index in [2.05, 4.69) is 22.5 Å². The molecule has 1 rings (SSSR count). The van der Waals surface area contributed by atoms with E-state index in [-0.39, 0.29) is 24.0 Å². The van der Waals surface area contributed by atoms with Crippen LogP contribution in [0.5, 0.6) is 0 Å². The molecule has 21 heavy (non-hydrogen) atoms. The van der Waals surface area contributed by atoms with Gasteiger partial charge in [-0.05, 0) is 31.1 Å². The van der Waals surface area contributed by atoms with Gasteiger partial charge in [0.15, 0.2) is 5.96 Å². The van der Waals surface area contributed by atoms with Gasteiger partial charge in [0.2, 0.25) is 0 Å². The zero-order valence-electron chi connectivity index (χ0n) is 13.7. The maximum Gasteiger partial charge on any atom is 0.190 e. The lowest BCUT2D eigenvalue weighted by Crippen LogP contribution is -2.46. The van der Waals surface area contributed by atoms with Gasteiger partial charge < -0.3 is 20.1 Å². The molecule has 0 heterocycles. The van der Waals surface area contributed by atoms with Crippen molar-refractivity contribution in [1.29, 1.82) is 0 Å². The molecule has 5 nitrogen and oxygen atoms in total. The van der Waals surface area contributed by atoms with Gasteiger partial charge in [-0.2, -0.15) is 0 Å². The smallest absolute Gasteiger partial charge is 0.190 e. The molecule has 1 fully saturated rings. The number of hydrogen-bond acceptors (Lipinski definition) is 3. The minimum atomic E-state index is 0. The van der Waals surface area contributed by atoms with Crippen LogP contribution >= 0.6 is 24.0 Å². The number of nitrogens with zero attached hydrogens (tertiary/aromatic N) is 1. The number of aliphatic imine (C=N–C) groups is 1. The lowest BCUT2D eigenvalue weighted by Gasteiger charge is -2.41. The Morgan fingerprint density at radius 1 is 1.19 bits per heavy atom. The fourth-order valence-corrected chi connectivity index (χ4v) is 2.45. The van der Waals surface area contributed by atoms with E-state index in [1.165, 1.54) is 25.7 Å². The monoisotopic (exact) mass is 413 g/mol. The zero-order valence-corrected chi connectivity index (χ0v) is 16.1. The number of rotatable bonds is 10. The first-order chi connectivity index (χ1) is 9.76. The SMILES string of the molecule is CCC1(CNC(=NC)NCCCOCCOC)CCC1.I. The third kappa shape index (κ3) is 8.21. The highest BCUT2D eigenvalue weighted by Gasteiger charge is 2.34. The average molecular weight is 413 g/mol. The first kappa shape index (κ1) is 20.9. The molecule has 1 saturated carbocycles. The molecule has 0 amide bonds. The standard InChI is InChI=1S/C15H31N3O2.HI/c1-4-15(7-5-8-15)13-18-14(16-2)17-9-6-10-20-12-11-19-3;/h4-13H2,1-3H3,(H2,16,17,18);1H. The number of halogens is 1. The van der Waals surface area contributed by atoms with Crippen molar-refractivity contribution in [2.24, 2.45) is 10.4 Å². The van der Waals surface area contributed by atoms with E-state index in [1.807, 2.05) is 7.05 Å². The maximum atomic E-state index is 5.42. The molecule has 0 aromatic rings. The third-order valence-corrected chi connectivity index (χ3v) is 4.21. The van der Waals surface area contributed by atoms with Crippen LogP contribution in [-0.4, -0.2) is 53.0 Å². The van der Waals surface area contributed by atoms with Crippen LogP contribution in [0.15, 0.2) is 4.99 Å². The van der Waals surface area contributed by atoms with E-state index in [1.54, 1.807) is 7.11 Å². The van der Waals surface area contributed by atoms with E-state index in [9.17, 15) is 0 Å². The Labute approximate surface area is 146 Å². The summed E-state index contributed by atoms with van der Waals surface area (Å²) >= 11 is 0. The molecule has 6 heteroatoms. The van der Waals surface area contributed by atoms with Crippen LogP contribution in [0.4, 0.5) is 0 Å². The number of nitrogens with one attached hydrogen (secondary N) is 2. The molecule has 0 saturated heterocycles. The molecule has 0 aromatic carbocycles. The molecule has 1 aliphatic rings. The van der Waals surface area contributed by atoms with Gasteiger partial charge in [0.25, 0.3) is 0 Å². The molecule has 1 aliphatic carbocycles. The Hall–Kier alpha value is -0.0800. The number of ether oxygens (including phenoxy) is 2. The van der Waals surface area contributed by atoms with Crippen LogP contribution in [-0.2, 0) is 9.47 Å². The van der Waals surface area contributed by atoms with Crippen molar-refractivity contribution in [2.45, 2.75) is 39.0 Å². The van der Waals surface area contributed by atoms with Gasteiger partial charge >= 0.3 is 0 Å². The Balaban J connectivity index is 0.00000400. The van der Waals surface area contributed by atoms with E-state index >= 15 is 0 Å². The topological polar surface area (TPSA) is 54.9 Å². The van der Waals surface area contributed by atoms with Gasteiger partial charge in [0, 0.05) is 33.9 Å². The Kier molecular flexibility index (Phi) is 12.4. The summed E-state index contributed by atoms with van der Waals surface area (Å²) in [6.45, 7) is 6.29. The Bertz CT molecular complexity index is 279. The molecular weight excluding hydrogens is 381 g/mol. The molecule has 0 aromatic heterocycles. The van der Waals surface area contributed by atoms with Gasteiger partial charge in [-0.1, -0.05) is 13.3 Å². The summed E-state index contributed by atoms with van der Waals surface area (Å²) in [5.74, 6) is 0.904. The van der Waals surface area contributed by atoms with E-state index in [4.69, 9.17) is 9.47 Å². The first-order valence-corrected chi connectivity index (χ1v) is 7.77. The number of hydrogen-bond donors (Lipinski definition) is 2.